The molecule has 0 aliphatic carbocycles. The molecule has 0 aliphatic heterocycles. The molecule has 0 aliphatic rings. The maximum atomic E-state index is 12.6. The van der Waals surface area contributed by atoms with Crippen LogP contribution in [0.2, 0.25) is 0 Å². The van der Waals surface area contributed by atoms with Crippen LogP contribution >= 0.6 is 0 Å². The van der Waals surface area contributed by atoms with Gasteiger partial charge in [0.2, 0.25) is 10.0 Å². The van der Waals surface area contributed by atoms with Crippen LogP contribution in [0.5, 0.6) is 0 Å². The third kappa shape index (κ3) is 3.28. The van der Waals surface area contributed by atoms with Crippen LogP contribution in [0.15, 0.2) is 71.6 Å². The zero-order chi connectivity index (χ0) is 16.4. The Balaban J connectivity index is 1.94. The largest absolute Gasteiger partial charge is 0.241 e. The van der Waals surface area contributed by atoms with Crippen LogP contribution in [0, 0.1) is 6.92 Å². The number of fused-ring (bicyclic) bond motifs is 1. The van der Waals surface area contributed by atoms with Gasteiger partial charge in [-0.15, -0.1) is 0 Å². The smallest absolute Gasteiger partial charge is 0.207 e. The number of hydrogen-bond acceptors (Lipinski definition) is 2. The fraction of sp³-hybridized carbons (Fsp3) is 0.158. The molecule has 3 nitrogen and oxygen atoms in total. The van der Waals surface area contributed by atoms with E-state index >= 15 is 0 Å². The molecule has 1 atom stereocenters. The van der Waals surface area contributed by atoms with Gasteiger partial charge in [-0.2, -0.15) is 0 Å². The summed E-state index contributed by atoms with van der Waals surface area (Å²) in [4.78, 5) is 0.287. The minimum atomic E-state index is -3.54. The molecule has 0 fully saturated rings. The van der Waals surface area contributed by atoms with Crippen molar-refractivity contribution in [2.45, 2.75) is 24.8 Å². The maximum Gasteiger partial charge on any atom is 0.241 e. The van der Waals surface area contributed by atoms with Gasteiger partial charge in [-0.3, -0.25) is 0 Å². The van der Waals surface area contributed by atoms with Gasteiger partial charge in [-0.1, -0.05) is 60.2 Å². The Morgan fingerprint density at radius 3 is 2.26 bits per heavy atom. The van der Waals surface area contributed by atoms with E-state index in [0.717, 1.165) is 21.9 Å². The fourth-order valence-corrected chi connectivity index (χ4v) is 3.93. The topological polar surface area (TPSA) is 46.2 Å². The van der Waals surface area contributed by atoms with E-state index in [4.69, 9.17) is 0 Å². The Morgan fingerprint density at radius 1 is 0.870 bits per heavy atom. The molecule has 0 saturated heterocycles. The summed E-state index contributed by atoms with van der Waals surface area (Å²) >= 11 is 0. The van der Waals surface area contributed by atoms with E-state index < -0.39 is 10.0 Å². The van der Waals surface area contributed by atoms with Gasteiger partial charge in [0.05, 0.1) is 4.90 Å². The van der Waals surface area contributed by atoms with Crippen LogP contribution in [0.4, 0.5) is 0 Å². The Kier molecular flexibility index (Phi) is 4.20. The molecule has 3 aromatic carbocycles. The van der Waals surface area contributed by atoms with Crippen molar-refractivity contribution in [1.82, 2.24) is 4.72 Å². The molecule has 0 heterocycles. The third-order valence-electron chi connectivity index (χ3n) is 3.95. The van der Waals surface area contributed by atoms with Crippen molar-refractivity contribution in [2.24, 2.45) is 0 Å². The van der Waals surface area contributed by atoms with Gasteiger partial charge in [0.25, 0.3) is 0 Å². The lowest BCUT2D eigenvalue weighted by Crippen LogP contribution is -2.27. The molecule has 3 rings (SSSR count). The van der Waals surface area contributed by atoms with Gasteiger partial charge < -0.3 is 0 Å². The molecule has 0 saturated carbocycles. The number of rotatable bonds is 4. The molecule has 1 N–H and O–H groups in total. The second kappa shape index (κ2) is 6.14. The molecule has 0 spiro atoms. The zero-order valence-corrected chi connectivity index (χ0v) is 14.0. The van der Waals surface area contributed by atoms with Crippen LogP contribution in [0.3, 0.4) is 0 Å². The van der Waals surface area contributed by atoms with Crippen molar-refractivity contribution < 1.29 is 8.42 Å². The number of nitrogens with one attached hydrogen (secondary N) is 1. The molecular formula is C19H19NO2S. The lowest BCUT2D eigenvalue weighted by Gasteiger charge is -2.17. The van der Waals surface area contributed by atoms with Gasteiger partial charge in [0, 0.05) is 6.04 Å². The average Bonchev–Trinajstić information content (AvgIpc) is 2.54. The second-order valence-corrected chi connectivity index (χ2v) is 7.44. The normalized spacial score (nSPS) is 13.1. The van der Waals surface area contributed by atoms with Crippen molar-refractivity contribution in [3.05, 3.63) is 77.9 Å². The van der Waals surface area contributed by atoms with Crippen molar-refractivity contribution in [2.75, 3.05) is 0 Å². The van der Waals surface area contributed by atoms with Crippen molar-refractivity contribution in [1.29, 1.82) is 0 Å². The van der Waals surface area contributed by atoms with E-state index in [2.05, 4.69) is 4.72 Å². The monoisotopic (exact) mass is 325 g/mol. The van der Waals surface area contributed by atoms with Gasteiger partial charge in [0.1, 0.15) is 0 Å². The zero-order valence-electron chi connectivity index (χ0n) is 13.2. The summed E-state index contributed by atoms with van der Waals surface area (Å²) in [6.07, 6.45) is 0. The molecule has 23 heavy (non-hydrogen) atoms. The van der Waals surface area contributed by atoms with Crippen molar-refractivity contribution in [3.63, 3.8) is 0 Å². The number of benzene rings is 3. The highest BCUT2D eigenvalue weighted by Gasteiger charge is 2.19. The first-order chi connectivity index (χ1) is 11.0. The molecule has 0 radical (unpaired) electrons. The molecular weight excluding hydrogens is 306 g/mol. The molecule has 0 aromatic heterocycles. The standard InChI is InChI=1S/C19H19NO2S/c1-14-10-12-17(13-11-14)23(21,22)20-15(2)18-9-5-7-16-6-3-4-8-19(16)18/h3-13,15,20H,1-2H3. The van der Waals surface area contributed by atoms with Crippen LogP contribution in [0.1, 0.15) is 24.1 Å². The summed E-state index contributed by atoms with van der Waals surface area (Å²) in [5, 5.41) is 2.17. The first kappa shape index (κ1) is 15.7. The second-order valence-electron chi connectivity index (χ2n) is 5.72. The molecule has 4 heteroatoms. The summed E-state index contributed by atoms with van der Waals surface area (Å²) in [7, 11) is -3.54. The van der Waals surface area contributed by atoms with Gasteiger partial charge in [-0.25, -0.2) is 13.1 Å². The molecule has 118 valence electrons. The first-order valence-corrected chi connectivity index (χ1v) is 9.02. The summed E-state index contributed by atoms with van der Waals surface area (Å²) in [5.74, 6) is 0. The predicted octanol–water partition coefficient (Wildman–Crippen LogP) is 4.19. The van der Waals surface area contributed by atoms with E-state index in [1.54, 1.807) is 24.3 Å². The summed E-state index contributed by atoms with van der Waals surface area (Å²) in [5.41, 5.74) is 2.00. The molecule has 0 bridgehead atoms. The van der Waals surface area contributed by atoms with Crippen LogP contribution in [0.25, 0.3) is 10.8 Å². The van der Waals surface area contributed by atoms with E-state index in [9.17, 15) is 8.42 Å². The fourth-order valence-electron chi connectivity index (χ4n) is 2.71. The summed E-state index contributed by atoms with van der Waals surface area (Å²) in [6.45, 7) is 3.80. The molecule has 3 aromatic rings. The first-order valence-electron chi connectivity index (χ1n) is 7.54. The van der Waals surface area contributed by atoms with Crippen LogP contribution in [-0.4, -0.2) is 8.42 Å². The minimum absolute atomic E-state index is 0.287. The highest BCUT2D eigenvalue weighted by molar-refractivity contribution is 7.89. The lowest BCUT2D eigenvalue weighted by atomic mass is 10.0. The highest BCUT2D eigenvalue weighted by Crippen LogP contribution is 2.25. The Labute approximate surface area is 137 Å². The summed E-state index contributed by atoms with van der Waals surface area (Å²) in [6, 6.07) is 20.5. The van der Waals surface area contributed by atoms with Crippen molar-refractivity contribution in [3.8, 4) is 0 Å². The van der Waals surface area contributed by atoms with Crippen molar-refractivity contribution >= 4 is 20.8 Å². The van der Waals surface area contributed by atoms with E-state index in [1.807, 2.05) is 56.3 Å². The van der Waals surface area contributed by atoms with Gasteiger partial charge in [-0.05, 0) is 42.3 Å². The Bertz CT molecular complexity index is 926. The minimum Gasteiger partial charge on any atom is -0.207 e. The van der Waals surface area contributed by atoms with E-state index in [-0.39, 0.29) is 10.9 Å². The van der Waals surface area contributed by atoms with Crippen LogP contribution < -0.4 is 4.72 Å². The van der Waals surface area contributed by atoms with E-state index in [0.29, 0.717) is 0 Å². The van der Waals surface area contributed by atoms with Gasteiger partial charge in [0.15, 0.2) is 0 Å². The average molecular weight is 325 g/mol. The number of aryl methyl sites for hydroxylation is 1. The van der Waals surface area contributed by atoms with E-state index in [1.165, 1.54) is 0 Å². The maximum absolute atomic E-state index is 12.6. The highest BCUT2D eigenvalue weighted by atomic mass is 32.2. The summed E-state index contributed by atoms with van der Waals surface area (Å²) < 4.78 is 27.9. The Hall–Kier alpha value is -2.17. The predicted molar refractivity (Wildman–Crippen MR) is 93.9 cm³/mol. The molecule has 1 unspecified atom stereocenters. The molecule has 0 amide bonds. The lowest BCUT2D eigenvalue weighted by molar-refractivity contribution is 0.567. The number of sulfonamides is 1. The Morgan fingerprint density at radius 2 is 1.52 bits per heavy atom. The van der Waals surface area contributed by atoms with Gasteiger partial charge >= 0.3 is 0 Å². The SMILES string of the molecule is Cc1ccc(S(=O)(=O)NC(C)c2cccc3ccccc23)cc1. The van der Waals surface area contributed by atoms with Crippen LogP contribution in [-0.2, 0) is 10.0 Å². The quantitative estimate of drug-likeness (QED) is 0.782. The number of hydrogen-bond donors (Lipinski definition) is 1. The third-order valence-corrected chi connectivity index (χ3v) is 5.51.